The Labute approximate surface area is 225 Å². The average molecular weight is 540 g/mol. The van der Waals surface area contributed by atoms with Crippen LogP contribution in [0, 0.1) is 22.7 Å². The molecule has 0 aromatic rings. The molecule has 0 aliphatic carbocycles. The molecule has 7 nitrogen and oxygen atoms in total. The van der Waals surface area contributed by atoms with Crippen molar-refractivity contribution in [2.24, 2.45) is 0 Å². The van der Waals surface area contributed by atoms with Gasteiger partial charge in [0, 0.05) is 6.61 Å². The molecule has 0 amide bonds. The minimum Gasteiger partial charge on any atom is -0.796 e. The molecular formula is C15H33Cl2N2NaO5S3Si. The molecule has 0 bridgehead atoms. The van der Waals surface area contributed by atoms with Crippen LogP contribution in [0.3, 0.4) is 0 Å². The van der Waals surface area contributed by atoms with Crippen LogP contribution in [0.1, 0.15) is 19.8 Å². The van der Waals surface area contributed by atoms with Gasteiger partial charge >= 0.3 is 29.6 Å². The normalized spacial score (nSPS) is 7.90. The van der Waals surface area contributed by atoms with Gasteiger partial charge in [-0.1, -0.05) is 23.2 Å². The van der Waals surface area contributed by atoms with Gasteiger partial charge in [0.15, 0.2) is 0 Å². The number of aliphatic hydroxyl groups excluding tert-OH is 1. The van der Waals surface area contributed by atoms with E-state index in [0.717, 1.165) is 21.9 Å². The van der Waals surface area contributed by atoms with E-state index in [2.05, 4.69) is 17.4 Å². The molecule has 0 aromatic heterocycles. The summed E-state index contributed by atoms with van der Waals surface area (Å²) < 4.78 is 19.2. The maximum Gasteiger partial charge on any atom is 1.00 e. The van der Waals surface area contributed by atoms with Gasteiger partial charge in [0.25, 0.3) is 0 Å². The predicted molar refractivity (Wildman–Crippen MR) is 128 cm³/mol. The summed E-state index contributed by atoms with van der Waals surface area (Å²) in [4.78, 5) is 0. The van der Waals surface area contributed by atoms with Crippen LogP contribution >= 0.6 is 46.2 Å². The first kappa shape index (κ1) is 44.3. The van der Waals surface area contributed by atoms with Crippen molar-refractivity contribution < 1.29 is 53.6 Å². The van der Waals surface area contributed by atoms with Crippen LogP contribution in [0.4, 0.5) is 0 Å². The number of nitriles is 2. The third-order valence-corrected chi connectivity index (χ3v) is 3.33. The van der Waals surface area contributed by atoms with Gasteiger partial charge in [-0.3, -0.25) is 0 Å². The van der Waals surface area contributed by atoms with Crippen molar-refractivity contribution in [3.8, 4) is 12.1 Å². The van der Waals surface area contributed by atoms with E-state index in [1.807, 2.05) is 19.2 Å². The molecule has 0 fully saturated rings. The molecule has 14 heteroatoms. The number of halogens is 2. The van der Waals surface area contributed by atoms with Crippen molar-refractivity contribution in [1.82, 2.24) is 0 Å². The summed E-state index contributed by atoms with van der Waals surface area (Å²) in [6.07, 6.45) is 4.30. The average Bonchev–Trinajstić information content (AvgIpc) is 2.73. The number of hydrogen-bond donors (Lipinski definition) is 1. The van der Waals surface area contributed by atoms with Gasteiger partial charge in [0.1, 0.15) is 18.9 Å². The Morgan fingerprint density at radius 3 is 1.79 bits per heavy atom. The maximum atomic E-state index is 8.10. The van der Waals surface area contributed by atoms with E-state index in [-0.39, 0.29) is 54.7 Å². The molecule has 0 atom stereocenters. The molecule has 1 N–H and O–H groups in total. The Kier molecular flexibility index (Phi) is 96.3. The number of nitrogens with zero attached hydrogens (tertiary/aromatic N) is 2. The minimum atomic E-state index is -0.0174. The zero-order valence-corrected chi connectivity index (χ0v) is 26.0. The summed E-state index contributed by atoms with van der Waals surface area (Å²) in [6, 6.07) is 4.12. The Morgan fingerprint density at radius 1 is 1.00 bits per heavy atom. The fraction of sp³-hybridized carbons (Fsp3) is 0.867. The second kappa shape index (κ2) is 63.0. The number of hydrogen-bond acceptors (Lipinski definition) is 10. The van der Waals surface area contributed by atoms with Crippen molar-refractivity contribution in [2.75, 3.05) is 63.1 Å². The molecule has 29 heavy (non-hydrogen) atoms. The predicted octanol–water partition coefficient (Wildman–Crippen LogP) is -0.340. The standard InChI is InChI=1S/C5H11NO2SSi.C4H10OS.C3H5NO.C2H4Cl2O.CH4S.Na/c6-2-1-3-7-4-8-5-9-10;1-3-5-4-6-2;4-2-1-3-5;3-1-5-2-4;1-2;/h1,3-5H2,10H3;3-4H2,1-2H3;5H,1,3H2;1-2H2;2H,1H3;/q;;;;;+1/p-1. The maximum absolute atomic E-state index is 8.10. The number of rotatable bonds is 12. The van der Waals surface area contributed by atoms with Gasteiger partial charge < -0.3 is 36.7 Å². The van der Waals surface area contributed by atoms with Crippen LogP contribution in [0.25, 0.3) is 0 Å². The van der Waals surface area contributed by atoms with E-state index in [1.165, 1.54) is 0 Å². The van der Waals surface area contributed by atoms with E-state index < -0.39 is 0 Å². The van der Waals surface area contributed by atoms with E-state index in [9.17, 15) is 0 Å². The molecule has 0 saturated heterocycles. The summed E-state index contributed by atoms with van der Waals surface area (Å²) in [7, 11) is 1.09. The van der Waals surface area contributed by atoms with Gasteiger partial charge in [-0.2, -0.15) is 28.0 Å². The Bertz CT molecular complexity index is 306. The van der Waals surface area contributed by atoms with Crippen molar-refractivity contribution in [3.05, 3.63) is 0 Å². The van der Waals surface area contributed by atoms with Crippen LogP contribution in [0.15, 0.2) is 0 Å². The Morgan fingerprint density at radius 2 is 1.55 bits per heavy atom. The zero-order chi connectivity index (χ0) is 22.7. The Balaban J connectivity index is -0.0000000610. The SMILES string of the molecule is CCOCSC.C[S-].ClCOCCl.N#CCCO.N#CCCOCOCS[SiH3].[Na+]. The molecule has 0 heterocycles. The number of thioether (sulfide) groups is 1. The molecule has 0 aromatic carbocycles. The van der Waals surface area contributed by atoms with Crippen molar-refractivity contribution in [1.29, 1.82) is 10.5 Å². The van der Waals surface area contributed by atoms with Crippen LogP contribution in [0.5, 0.6) is 0 Å². The molecule has 0 radical (unpaired) electrons. The van der Waals surface area contributed by atoms with E-state index in [0.29, 0.717) is 25.8 Å². The molecular weight excluding hydrogens is 506 g/mol. The summed E-state index contributed by atoms with van der Waals surface area (Å²) in [5.41, 5.74) is 0. The van der Waals surface area contributed by atoms with E-state index in [4.69, 9.17) is 53.0 Å². The first-order chi connectivity index (χ1) is 13.7. The van der Waals surface area contributed by atoms with E-state index >= 15 is 0 Å². The van der Waals surface area contributed by atoms with Gasteiger partial charge in [0.2, 0.25) is 0 Å². The first-order valence-corrected chi connectivity index (χ1v) is 14.9. The zero-order valence-electron chi connectivity index (χ0n) is 18.0. The quantitative estimate of drug-likeness (QED) is 0.116. The van der Waals surface area contributed by atoms with Gasteiger partial charge in [-0.25, -0.2) is 0 Å². The van der Waals surface area contributed by atoms with E-state index in [1.54, 1.807) is 35.3 Å². The molecule has 0 saturated carbocycles. The largest absolute Gasteiger partial charge is 1.00 e. The minimum absolute atomic E-state index is 0. The fourth-order valence-corrected chi connectivity index (χ4v) is 1.90. The molecule has 0 rings (SSSR count). The topological polar surface area (TPSA) is 105 Å². The summed E-state index contributed by atoms with van der Waals surface area (Å²) >= 11 is 17.5. The smallest absolute Gasteiger partial charge is 0.796 e. The molecule has 0 aliphatic rings. The van der Waals surface area contributed by atoms with Crippen molar-refractivity contribution in [2.45, 2.75) is 19.8 Å². The monoisotopic (exact) mass is 538 g/mol. The third-order valence-electron chi connectivity index (χ3n) is 1.51. The second-order valence-electron chi connectivity index (χ2n) is 3.50. The Hall–Kier alpha value is 1.63. The van der Waals surface area contributed by atoms with Crippen molar-refractivity contribution >= 4 is 68.2 Å². The summed E-state index contributed by atoms with van der Waals surface area (Å²) in [5, 5.41) is 23.6. The van der Waals surface area contributed by atoms with Gasteiger partial charge in [-0.05, 0) is 13.2 Å². The number of aliphatic hydroxyl groups is 1. The first-order valence-electron chi connectivity index (χ1n) is 7.82. The van der Waals surface area contributed by atoms with Gasteiger partial charge in [-0.15, -0.1) is 11.8 Å². The fourth-order valence-electron chi connectivity index (χ4n) is 0.599. The molecule has 0 unspecified atom stereocenters. The number of alkyl halides is 2. The number of ether oxygens (including phenoxy) is 4. The van der Waals surface area contributed by atoms with Crippen LogP contribution in [-0.2, 0) is 31.6 Å². The molecule has 0 aliphatic heterocycles. The van der Waals surface area contributed by atoms with Crippen LogP contribution in [0.2, 0.25) is 0 Å². The van der Waals surface area contributed by atoms with Crippen LogP contribution in [-0.4, -0.2) is 77.6 Å². The summed E-state index contributed by atoms with van der Waals surface area (Å²) in [6.45, 7) is 3.60. The second-order valence-corrected chi connectivity index (χ2v) is 7.29. The van der Waals surface area contributed by atoms with Crippen LogP contribution < -0.4 is 29.6 Å². The van der Waals surface area contributed by atoms with Crippen molar-refractivity contribution in [3.63, 3.8) is 0 Å². The van der Waals surface area contributed by atoms with Gasteiger partial charge in [0.05, 0.1) is 59.5 Å². The summed E-state index contributed by atoms with van der Waals surface area (Å²) in [5.74, 6) is 1.54. The third kappa shape index (κ3) is 92.6. The molecule has 170 valence electrons. The molecule has 0 spiro atoms.